The number of pyridine rings is 1. The Balaban J connectivity index is 1.46. The Kier molecular flexibility index (Phi) is 6.20. The van der Waals surface area contributed by atoms with Crippen LogP contribution < -0.4 is 14.4 Å². The van der Waals surface area contributed by atoms with Crippen LogP contribution in [0.5, 0.6) is 11.6 Å². The summed E-state index contributed by atoms with van der Waals surface area (Å²) in [7, 11) is -3.76. The van der Waals surface area contributed by atoms with Crippen molar-refractivity contribution < 1.29 is 22.3 Å². The smallest absolute Gasteiger partial charge is 0.240 e. The van der Waals surface area contributed by atoms with Crippen LogP contribution in [0.3, 0.4) is 0 Å². The van der Waals surface area contributed by atoms with Gasteiger partial charge in [-0.05, 0) is 72.5 Å². The molecule has 1 aromatic heterocycles. The number of carbonyl (C=O) groups excluding carboxylic acids is 1. The molecule has 32 heavy (non-hydrogen) atoms. The van der Waals surface area contributed by atoms with Crippen molar-refractivity contribution in [3.8, 4) is 11.6 Å². The average Bonchev–Trinajstić information content (AvgIpc) is 2.79. The lowest BCUT2D eigenvalue weighted by atomic mass is 10.0. The second kappa shape index (κ2) is 9.05. The maximum atomic E-state index is 13.0. The Morgan fingerprint density at radius 1 is 1.16 bits per heavy atom. The second-order valence-electron chi connectivity index (χ2n) is 7.45. The van der Waals surface area contributed by atoms with E-state index in [1.807, 2.05) is 0 Å². The Labute approximate surface area is 185 Å². The Morgan fingerprint density at radius 2 is 1.94 bits per heavy atom. The van der Waals surface area contributed by atoms with Crippen LogP contribution in [0.1, 0.15) is 24.5 Å². The normalized spacial score (nSPS) is 13.5. The van der Waals surface area contributed by atoms with Gasteiger partial charge in [-0.3, -0.25) is 4.79 Å². The topological polar surface area (TPSA) is 88.6 Å². The highest BCUT2D eigenvalue weighted by Gasteiger charge is 2.23. The number of amides is 1. The fraction of sp³-hybridized carbons (Fsp3) is 0.217. The lowest BCUT2D eigenvalue weighted by Gasteiger charge is -2.28. The van der Waals surface area contributed by atoms with Gasteiger partial charge in [-0.1, -0.05) is 0 Å². The molecule has 0 unspecified atom stereocenters. The van der Waals surface area contributed by atoms with Crippen molar-refractivity contribution in [1.29, 1.82) is 0 Å². The van der Waals surface area contributed by atoms with Crippen LogP contribution in [-0.4, -0.2) is 25.9 Å². The van der Waals surface area contributed by atoms with Crippen LogP contribution in [0.25, 0.3) is 0 Å². The number of aromatic nitrogens is 1. The van der Waals surface area contributed by atoms with E-state index in [1.54, 1.807) is 29.2 Å². The molecule has 1 aliphatic heterocycles. The van der Waals surface area contributed by atoms with Gasteiger partial charge in [0, 0.05) is 38.0 Å². The summed E-state index contributed by atoms with van der Waals surface area (Å²) in [5.74, 6) is 0.261. The molecule has 9 heteroatoms. The van der Waals surface area contributed by atoms with Gasteiger partial charge in [0.2, 0.25) is 21.8 Å². The zero-order valence-electron chi connectivity index (χ0n) is 17.4. The molecule has 4 rings (SSSR count). The summed E-state index contributed by atoms with van der Waals surface area (Å²) in [5, 5.41) is 0. The van der Waals surface area contributed by atoms with Gasteiger partial charge in [-0.15, -0.1) is 0 Å². The van der Waals surface area contributed by atoms with E-state index in [0.717, 1.165) is 24.1 Å². The lowest BCUT2D eigenvalue weighted by molar-refractivity contribution is -0.116. The first-order chi connectivity index (χ1) is 15.3. The third-order valence-corrected chi connectivity index (χ3v) is 6.56. The van der Waals surface area contributed by atoms with E-state index in [-0.39, 0.29) is 29.0 Å². The van der Waals surface area contributed by atoms with Crippen LogP contribution in [-0.2, 0) is 27.8 Å². The number of fused-ring (bicyclic) bond motifs is 1. The van der Waals surface area contributed by atoms with Crippen molar-refractivity contribution in [1.82, 2.24) is 9.71 Å². The monoisotopic (exact) mass is 455 g/mol. The van der Waals surface area contributed by atoms with E-state index in [0.29, 0.717) is 17.9 Å². The number of benzene rings is 2. The fourth-order valence-corrected chi connectivity index (χ4v) is 4.64. The van der Waals surface area contributed by atoms with E-state index >= 15 is 0 Å². The molecular formula is C23H22FN3O4S. The summed E-state index contributed by atoms with van der Waals surface area (Å²) >= 11 is 0. The number of anilines is 1. The molecule has 2 heterocycles. The highest BCUT2D eigenvalue weighted by molar-refractivity contribution is 7.89. The van der Waals surface area contributed by atoms with E-state index in [2.05, 4.69) is 9.71 Å². The molecule has 1 amide bonds. The molecule has 3 aromatic rings. The molecule has 2 aromatic carbocycles. The molecule has 1 N–H and O–H groups in total. The van der Waals surface area contributed by atoms with Gasteiger partial charge in [0.05, 0.1) is 4.90 Å². The lowest BCUT2D eigenvalue weighted by Crippen LogP contribution is -2.33. The third kappa shape index (κ3) is 4.95. The van der Waals surface area contributed by atoms with Crippen molar-refractivity contribution in [3.05, 3.63) is 77.7 Å². The second-order valence-corrected chi connectivity index (χ2v) is 9.21. The maximum absolute atomic E-state index is 13.0. The quantitative estimate of drug-likeness (QED) is 0.611. The maximum Gasteiger partial charge on any atom is 0.240 e. The minimum absolute atomic E-state index is 0.0429. The molecule has 0 bridgehead atoms. The van der Waals surface area contributed by atoms with Crippen LogP contribution >= 0.6 is 0 Å². The first-order valence-corrected chi connectivity index (χ1v) is 11.6. The van der Waals surface area contributed by atoms with E-state index in [4.69, 9.17) is 4.74 Å². The van der Waals surface area contributed by atoms with E-state index in [9.17, 15) is 17.6 Å². The molecule has 0 fully saturated rings. The molecule has 0 radical (unpaired) electrons. The number of carbonyl (C=O) groups is 1. The van der Waals surface area contributed by atoms with Gasteiger partial charge < -0.3 is 9.64 Å². The summed E-state index contributed by atoms with van der Waals surface area (Å²) in [6, 6.07) is 13.6. The van der Waals surface area contributed by atoms with E-state index in [1.165, 1.54) is 43.5 Å². The number of halogens is 1. The predicted molar refractivity (Wildman–Crippen MR) is 118 cm³/mol. The number of rotatable bonds is 6. The zero-order chi connectivity index (χ0) is 22.7. The van der Waals surface area contributed by atoms with Gasteiger partial charge in [-0.2, -0.15) is 0 Å². The van der Waals surface area contributed by atoms with Crippen LogP contribution in [0.15, 0.2) is 65.7 Å². The highest BCUT2D eigenvalue weighted by atomic mass is 32.2. The number of nitrogens with one attached hydrogen (secondary N) is 1. The van der Waals surface area contributed by atoms with E-state index < -0.39 is 10.0 Å². The third-order valence-electron chi connectivity index (χ3n) is 5.16. The van der Waals surface area contributed by atoms with Gasteiger partial charge in [0.15, 0.2) is 0 Å². The average molecular weight is 456 g/mol. The molecule has 0 spiro atoms. The Hall–Kier alpha value is -3.30. The zero-order valence-corrected chi connectivity index (χ0v) is 18.2. The first kappa shape index (κ1) is 21.9. The SMILES string of the molecule is CC(=O)N1CCCc2cc(S(=O)(=O)NCc3ccnc(Oc4ccc(F)cc4)c3)ccc21. The van der Waals surface area contributed by atoms with Gasteiger partial charge in [-0.25, -0.2) is 22.5 Å². The highest BCUT2D eigenvalue weighted by Crippen LogP contribution is 2.29. The van der Waals surface area contributed by atoms with Gasteiger partial charge in [0.25, 0.3) is 0 Å². The predicted octanol–water partition coefficient (Wildman–Crippen LogP) is 3.79. The van der Waals surface area contributed by atoms with Crippen LogP contribution in [0, 0.1) is 5.82 Å². The van der Waals surface area contributed by atoms with Gasteiger partial charge in [0.1, 0.15) is 11.6 Å². The molecule has 7 nitrogen and oxygen atoms in total. The molecule has 1 aliphatic rings. The minimum Gasteiger partial charge on any atom is -0.439 e. The summed E-state index contributed by atoms with van der Waals surface area (Å²) in [6.45, 7) is 2.18. The van der Waals surface area contributed by atoms with Crippen molar-refractivity contribution >= 4 is 21.6 Å². The Bertz CT molecular complexity index is 1250. The number of hydrogen-bond donors (Lipinski definition) is 1. The van der Waals surface area contributed by atoms with Crippen molar-refractivity contribution in [2.45, 2.75) is 31.2 Å². The number of ether oxygens (including phenoxy) is 1. The largest absolute Gasteiger partial charge is 0.439 e. The first-order valence-electron chi connectivity index (χ1n) is 10.1. The summed E-state index contributed by atoms with van der Waals surface area (Å²) in [5.41, 5.74) is 2.26. The summed E-state index contributed by atoms with van der Waals surface area (Å²) in [4.78, 5) is 17.7. The number of sulfonamides is 1. The molecule has 0 saturated heterocycles. The summed E-state index contributed by atoms with van der Waals surface area (Å²) in [6.07, 6.45) is 3.02. The van der Waals surface area contributed by atoms with Crippen molar-refractivity contribution in [3.63, 3.8) is 0 Å². The fourth-order valence-electron chi connectivity index (χ4n) is 3.57. The molecule has 0 saturated carbocycles. The molecule has 0 atom stereocenters. The van der Waals surface area contributed by atoms with Crippen molar-refractivity contribution in [2.24, 2.45) is 0 Å². The molecular weight excluding hydrogens is 433 g/mol. The molecule has 0 aliphatic carbocycles. The molecule has 166 valence electrons. The van der Waals surface area contributed by atoms with Gasteiger partial charge >= 0.3 is 0 Å². The van der Waals surface area contributed by atoms with Crippen molar-refractivity contribution in [2.75, 3.05) is 11.4 Å². The minimum atomic E-state index is -3.76. The number of nitrogens with zero attached hydrogens (tertiary/aromatic N) is 2. The van der Waals surface area contributed by atoms with Crippen LogP contribution in [0.4, 0.5) is 10.1 Å². The number of aryl methyl sites for hydroxylation is 1. The number of hydrogen-bond acceptors (Lipinski definition) is 5. The Morgan fingerprint density at radius 3 is 2.69 bits per heavy atom. The van der Waals surface area contributed by atoms with Crippen LogP contribution in [0.2, 0.25) is 0 Å². The standard InChI is InChI=1S/C23H22FN3O4S/c1-16(28)27-12-2-3-18-14-21(8-9-22(18)27)32(29,30)26-15-17-10-11-25-23(13-17)31-20-6-4-19(24)5-7-20/h4-11,13-14,26H,2-3,12,15H2,1H3. The summed E-state index contributed by atoms with van der Waals surface area (Å²) < 4.78 is 46.9.